The first-order valence-corrected chi connectivity index (χ1v) is 7.34. The number of anilines is 1. The topological polar surface area (TPSA) is 55.4 Å². The molecule has 0 saturated carbocycles. The highest BCUT2D eigenvalue weighted by molar-refractivity contribution is 7.92. The van der Waals surface area contributed by atoms with Crippen LogP contribution >= 0.6 is 23.2 Å². The van der Waals surface area contributed by atoms with Crippen LogP contribution in [0.5, 0.6) is 0 Å². The van der Waals surface area contributed by atoms with Crippen molar-refractivity contribution in [1.82, 2.24) is 0 Å². The normalized spacial score (nSPS) is 13.4. The Morgan fingerprint density at radius 2 is 2.06 bits per heavy atom. The van der Waals surface area contributed by atoms with Crippen LogP contribution < -0.4 is 4.72 Å². The minimum Gasteiger partial charge on any atom is -0.381 e. The van der Waals surface area contributed by atoms with Crippen molar-refractivity contribution in [2.75, 3.05) is 17.6 Å². The van der Waals surface area contributed by atoms with Crippen LogP contribution in [0.4, 0.5) is 10.1 Å². The number of nitrogens with one attached hydrogen (secondary N) is 1. The van der Waals surface area contributed by atoms with E-state index in [2.05, 4.69) is 4.72 Å². The first-order valence-electron chi connectivity index (χ1n) is 4.93. The van der Waals surface area contributed by atoms with E-state index in [-0.39, 0.29) is 21.5 Å². The van der Waals surface area contributed by atoms with Crippen LogP contribution in [-0.2, 0) is 14.8 Å². The van der Waals surface area contributed by atoms with Crippen molar-refractivity contribution in [3.8, 4) is 0 Å². The third-order valence-corrected chi connectivity index (χ3v) is 4.06. The van der Waals surface area contributed by atoms with E-state index in [1.165, 1.54) is 13.2 Å². The Morgan fingerprint density at radius 1 is 1.44 bits per heavy atom. The van der Waals surface area contributed by atoms with Crippen LogP contribution in [0.25, 0.3) is 0 Å². The van der Waals surface area contributed by atoms with Gasteiger partial charge in [-0.25, -0.2) is 12.8 Å². The van der Waals surface area contributed by atoms with E-state index in [0.29, 0.717) is 0 Å². The lowest BCUT2D eigenvalue weighted by atomic mass is 10.3. The molecule has 0 aliphatic rings. The first-order chi connectivity index (χ1) is 8.25. The fourth-order valence-electron chi connectivity index (χ4n) is 1.21. The van der Waals surface area contributed by atoms with E-state index in [1.807, 2.05) is 0 Å². The number of rotatable bonds is 5. The van der Waals surface area contributed by atoms with Gasteiger partial charge in [0.05, 0.1) is 16.9 Å². The maximum Gasteiger partial charge on any atom is 0.235 e. The maximum absolute atomic E-state index is 13.5. The summed E-state index contributed by atoms with van der Waals surface area (Å²) in [5.74, 6) is -1.14. The first kappa shape index (κ1) is 15.5. The third kappa shape index (κ3) is 4.28. The quantitative estimate of drug-likeness (QED) is 0.909. The van der Waals surface area contributed by atoms with Crippen LogP contribution in [0, 0.1) is 5.82 Å². The lowest BCUT2D eigenvalue weighted by Gasteiger charge is -2.13. The average molecular weight is 316 g/mol. The predicted octanol–water partition coefficient (Wildman–Crippen LogP) is 2.91. The zero-order chi connectivity index (χ0) is 13.9. The zero-order valence-corrected chi connectivity index (χ0v) is 12.0. The highest BCUT2D eigenvalue weighted by Gasteiger charge is 2.19. The highest BCUT2D eigenvalue weighted by Crippen LogP contribution is 2.29. The number of benzene rings is 1. The van der Waals surface area contributed by atoms with Crippen LogP contribution in [-0.4, -0.2) is 27.4 Å². The van der Waals surface area contributed by atoms with Crippen LogP contribution in [0.3, 0.4) is 0 Å². The van der Waals surface area contributed by atoms with Gasteiger partial charge in [-0.3, -0.25) is 4.72 Å². The summed E-state index contributed by atoms with van der Waals surface area (Å²) in [6, 6.07) is 2.23. The van der Waals surface area contributed by atoms with E-state index in [4.69, 9.17) is 27.9 Å². The molecule has 0 heterocycles. The molecule has 0 aromatic heterocycles. The molecule has 0 amide bonds. The van der Waals surface area contributed by atoms with Crippen molar-refractivity contribution in [2.24, 2.45) is 0 Å². The third-order valence-electron chi connectivity index (χ3n) is 2.12. The number of sulfonamides is 1. The fourth-order valence-corrected chi connectivity index (χ4v) is 3.14. The molecule has 0 saturated heterocycles. The molecule has 1 N–H and O–H groups in total. The van der Waals surface area contributed by atoms with Gasteiger partial charge in [-0.15, -0.1) is 0 Å². The molecule has 1 aromatic rings. The molecule has 0 bridgehead atoms. The molecule has 0 fully saturated rings. The van der Waals surface area contributed by atoms with Gasteiger partial charge >= 0.3 is 0 Å². The summed E-state index contributed by atoms with van der Waals surface area (Å²) in [5.41, 5.74) is -0.315. The summed E-state index contributed by atoms with van der Waals surface area (Å²) in [6.07, 6.45) is -0.517. The lowest BCUT2D eigenvalue weighted by molar-refractivity contribution is 0.136. The van der Waals surface area contributed by atoms with Gasteiger partial charge in [0, 0.05) is 12.1 Å². The number of ether oxygens (including phenoxy) is 1. The van der Waals surface area contributed by atoms with Gasteiger partial charge in [0.15, 0.2) is 0 Å². The van der Waals surface area contributed by atoms with Gasteiger partial charge in [0.2, 0.25) is 10.0 Å². The number of methoxy groups -OCH3 is 1. The minimum absolute atomic E-state index is 0.0886. The Morgan fingerprint density at radius 3 is 2.56 bits per heavy atom. The van der Waals surface area contributed by atoms with Crippen LogP contribution in [0.2, 0.25) is 10.0 Å². The Labute approximate surface area is 115 Å². The second-order valence-corrected chi connectivity index (χ2v) is 6.28. The van der Waals surface area contributed by atoms with E-state index in [0.717, 1.165) is 6.07 Å². The minimum atomic E-state index is -3.75. The monoisotopic (exact) mass is 315 g/mol. The summed E-state index contributed by atoms with van der Waals surface area (Å²) >= 11 is 11.3. The molecule has 1 aromatic carbocycles. The molecule has 0 unspecified atom stereocenters. The van der Waals surface area contributed by atoms with Crippen molar-refractivity contribution >= 4 is 38.9 Å². The predicted molar refractivity (Wildman–Crippen MR) is 70.3 cm³/mol. The molecule has 0 radical (unpaired) electrons. The van der Waals surface area contributed by atoms with Gasteiger partial charge in [0.1, 0.15) is 11.5 Å². The second kappa shape index (κ2) is 6.06. The Kier molecular flexibility index (Phi) is 5.21. The number of hydrogen-bond donors (Lipinski definition) is 1. The number of hydrogen-bond acceptors (Lipinski definition) is 3. The smallest absolute Gasteiger partial charge is 0.235 e. The molecule has 18 heavy (non-hydrogen) atoms. The zero-order valence-electron chi connectivity index (χ0n) is 9.71. The molecule has 0 spiro atoms. The molecule has 1 atom stereocenters. The molecule has 0 aliphatic heterocycles. The van der Waals surface area contributed by atoms with Crippen LogP contribution in [0.15, 0.2) is 12.1 Å². The van der Waals surface area contributed by atoms with Crippen molar-refractivity contribution in [3.63, 3.8) is 0 Å². The summed E-state index contributed by atoms with van der Waals surface area (Å²) in [5, 5.41) is -0.0145. The fraction of sp³-hybridized carbons (Fsp3) is 0.400. The standard InChI is InChI=1S/C10H12Cl2FNO3S/c1-6(17-2)5-18(15,16)14-10-8(12)3-7(11)4-9(10)13/h3-4,6,14H,5H2,1-2H3/t6-/m0/s1. The molecule has 1 rings (SSSR count). The molecule has 0 aliphatic carbocycles. The van der Waals surface area contributed by atoms with E-state index in [1.54, 1.807) is 6.92 Å². The van der Waals surface area contributed by atoms with Gasteiger partial charge in [-0.05, 0) is 19.1 Å². The molecule has 102 valence electrons. The van der Waals surface area contributed by atoms with Gasteiger partial charge in [-0.1, -0.05) is 23.2 Å². The van der Waals surface area contributed by atoms with Crippen molar-refractivity contribution in [1.29, 1.82) is 0 Å². The largest absolute Gasteiger partial charge is 0.381 e. The Bertz CT molecular complexity index is 513. The molecule has 8 heteroatoms. The summed E-state index contributed by atoms with van der Waals surface area (Å²) in [7, 11) is -2.36. The lowest BCUT2D eigenvalue weighted by Crippen LogP contribution is -2.26. The molecular weight excluding hydrogens is 304 g/mol. The summed E-state index contributed by atoms with van der Waals surface area (Å²) in [4.78, 5) is 0. The summed E-state index contributed by atoms with van der Waals surface area (Å²) < 4.78 is 43.9. The highest BCUT2D eigenvalue weighted by atomic mass is 35.5. The van der Waals surface area contributed by atoms with E-state index in [9.17, 15) is 12.8 Å². The Balaban J connectivity index is 2.98. The van der Waals surface area contributed by atoms with Gasteiger partial charge in [-0.2, -0.15) is 0 Å². The Hall–Kier alpha value is -0.560. The molecule has 4 nitrogen and oxygen atoms in total. The summed E-state index contributed by atoms with van der Waals surface area (Å²) in [6.45, 7) is 1.58. The van der Waals surface area contributed by atoms with Crippen molar-refractivity contribution < 1.29 is 17.5 Å². The van der Waals surface area contributed by atoms with Crippen molar-refractivity contribution in [3.05, 3.63) is 28.0 Å². The molecular formula is C10H12Cl2FNO3S. The number of halogens is 3. The van der Waals surface area contributed by atoms with E-state index >= 15 is 0 Å². The van der Waals surface area contributed by atoms with Crippen LogP contribution in [0.1, 0.15) is 6.92 Å². The average Bonchev–Trinajstić information content (AvgIpc) is 2.22. The van der Waals surface area contributed by atoms with Gasteiger partial charge < -0.3 is 4.74 Å². The second-order valence-electron chi connectivity index (χ2n) is 3.67. The van der Waals surface area contributed by atoms with E-state index < -0.39 is 21.9 Å². The maximum atomic E-state index is 13.5. The van der Waals surface area contributed by atoms with Gasteiger partial charge in [0.25, 0.3) is 0 Å². The van der Waals surface area contributed by atoms with Crippen molar-refractivity contribution in [2.45, 2.75) is 13.0 Å². The SMILES string of the molecule is CO[C@@H](C)CS(=O)(=O)Nc1c(F)cc(Cl)cc1Cl.